The summed E-state index contributed by atoms with van der Waals surface area (Å²) in [6.07, 6.45) is 1.87. The first-order valence-corrected chi connectivity index (χ1v) is 9.15. The average Bonchev–Trinajstić information content (AvgIpc) is 2.66. The zero-order valence-corrected chi connectivity index (χ0v) is 15.7. The third kappa shape index (κ3) is 4.73. The average molecular weight is 360 g/mol. The molecule has 0 fully saturated rings. The van der Waals surface area contributed by atoms with Gasteiger partial charge in [-0.2, -0.15) is 0 Å². The molecule has 0 bridgehead atoms. The van der Waals surface area contributed by atoms with Gasteiger partial charge in [0, 0.05) is 17.8 Å². The Hall–Kier alpha value is -3.14. The number of carbonyl (C=O) groups excluding carboxylic acids is 1. The van der Waals surface area contributed by atoms with Crippen LogP contribution in [0, 0.1) is 0 Å². The lowest BCUT2D eigenvalue weighted by molar-refractivity contribution is -0.120. The molecule has 0 saturated heterocycles. The van der Waals surface area contributed by atoms with Gasteiger partial charge in [-0.25, -0.2) is 0 Å². The molecule has 1 heterocycles. The lowest BCUT2D eigenvalue weighted by Gasteiger charge is -2.14. The van der Waals surface area contributed by atoms with E-state index in [9.17, 15) is 9.59 Å². The predicted octanol–water partition coefficient (Wildman–Crippen LogP) is 3.63. The minimum atomic E-state index is -0.142. The Balaban J connectivity index is 2.03. The number of hydrogen-bond acceptors (Lipinski definition) is 2. The number of aromatic nitrogens is 1. The maximum absolute atomic E-state index is 13.2. The van der Waals surface area contributed by atoms with Crippen molar-refractivity contribution in [1.82, 2.24) is 9.88 Å². The van der Waals surface area contributed by atoms with E-state index >= 15 is 0 Å². The molecule has 1 aromatic heterocycles. The van der Waals surface area contributed by atoms with Gasteiger partial charge >= 0.3 is 0 Å². The van der Waals surface area contributed by atoms with E-state index in [0.29, 0.717) is 12.1 Å². The van der Waals surface area contributed by atoms with Gasteiger partial charge in [0.15, 0.2) is 0 Å². The molecular weight excluding hydrogens is 336 g/mol. The summed E-state index contributed by atoms with van der Waals surface area (Å²) < 4.78 is 1.67. The summed E-state index contributed by atoms with van der Waals surface area (Å²) in [6, 6.07) is 21.5. The van der Waals surface area contributed by atoms with Gasteiger partial charge in [0.05, 0.1) is 13.0 Å². The molecule has 1 N–H and O–H groups in total. The number of pyridine rings is 1. The summed E-state index contributed by atoms with van der Waals surface area (Å²) >= 11 is 0. The van der Waals surface area contributed by atoms with Crippen LogP contribution in [-0.2, 0) is 17.8 Å². The Labute approximate surface area is 159 Å². The highest BCUT2D eigenvalue weighted by molar-refractivity contribution is 5.82. The number of rotatable bonds is 6. The van der Waals surface area contributed by atoms with Crippen LogP contribution in [0.15, 0.2) is 77.7 Å². The summed E-state index contributed by atoms with van der Waals surface area (Å²) in [6.45, 7) is 4.30. The Kier molecular flexibility index (Phi) is 5.87. The van der Waals surface area contributed by atoms with Crippen LogP contribution in [-0.4, -0.2) is 16.5 Å². The second-order valence-corrected chi connectivity index (χ2v) is 6.89. The summed E-state index contributed by atoms with van der Waals surface area (Å²) in [5, 5.41) is 2.88. The van der Waals surface area contributed by atoms with E-state index in [1.807, 2.05) is 86.8 Å². The summed E-state index contributed by atoms with van der Waals surface area (Å²) in [5.74, 6) is -0.142. The van der Waals surface area contributed by atoms with Crippen molar-refractivity contribution in [2.45, 2.75) is 32.9 Å². The lowest BCUT2D eigenvalue weighted by atomic mass is 9.99. The van der Waals surface area contributed by atoms with Crippen LogP contribution in [0.3, 0.4) is 0 Å². The SMILES string of the molecule is CC(C)NC(=O)Cc1c(-c2ccccc2)ccn(Cc2ccccc2)c1=O. The second-order valence-electron chi connectivity index (χ2n) is 6.89. The van der Waals surface area contributed by atoms with Crippen LogP contribution in [0.1, 0.15) is 25.0 Å². The number of carbonyl (C=O) groups is 1. The van der Waals surface area contributed by atoms with Crippen LogP contribution in [0.2, 0.25) is 0 Å². The standard InChI is InChI=1S/C23H24N2O2/c1-17(2)24-22(26)15-21-20(19-11-7-4-8-12-19)13-14-25(23(21)27)16-18-9-5-3-6-10-18/h3-14,17H,15-16H2,1-2H3,(H,24,26). The zero-order valence-electron chi connectivity index (χ0n) is 15.7. The number of benzene rings is 2. The smallest absolute Gasteiger partial charge is 0.255 e. The molecule has 0 aliphatic rings. The van der Waals surface area contributed by atoms with Crippen LogP contribution in [0.4, 0.5) is 0 Å². The molecule has 27 heavy (non-hydrogen) atoms. The first-order valence-electron chi connectivity index (χ1n) is 9.15. The maximum atomic E-state index is 13.2. The molecule has 0 saturated carbocycles. The Bertz CT molecular complexity index is 961. The molecule has 4 heteroatoms. The molecule has 1 amide bonds. The van der Waals surface area contributed by atoms with E-state index in [0.717, 1.165) is 16.7 Å². The fourth-order valence-corrected chi connectivity index (χ4v) is 3.12. The van der Waals surface area contributed by atoms with Gasteiger partial charge in [-0.1, -0.05) is 60.7 Å². The quantitative estimate of drug-likeness (QED) is 0.730. The lowest BCUT2D eigenvalue weighted by Crippen LogP contribution is -2.34. The Morgan fingerprint density at radius 1 is 0.963 bits per heavy atom. The van der Waals surface area contributed by atoms with E-state index in [1.165, 1.54) is 0 Å². The fourth-order valence-electron chi connectivity index (χ4n) is 3.12. The number of amides is 1. The monoisotopic (exact) mass is 360 g/mol. The van der Waals surface area contributed by atoms with Crippen molar-refractivity contribution < 1.29 is 4.79 Å². The minimum Gasteiger partial charge on any atom is -0.354 e. The molecule has 0 atom stereocenters. The normalized spacial score (nSPS) is 10.8. The van der Waals surface area contributed by atoms with Crippen LogP contribution in [0.25, 0.3) is 11.1 Å². The molecular formula is C23H24N2O2. The fraction of sp³-hybridized carbons (Fsp3) is 0.217. The molecule has 0 unspecified atom stereocenters. The predicted molar refractivity (Wildman–Crippen MR) is 109 cm³/mol. The first-order chi connectivity index (χ1) is 13.0. The number of nitrogens with zero attached hydrogens (tertiary/aromatic N) is 1. The molecule has 3 aromatic rings. The van der Waals surface area contributed by atoms with Gasteiger partial charge in [-0.3, -0.25) is 9.59 Å². The molecule has 0 aliphatic carbocycles. The van der Waals surface area contributed by atoms with Crippen LogP contribution < -0.4 is 10.9 Å². The van der Waals surface area contributed by atoms with Crippen molar-refractivity contribution in [1.29, 1.82) is 0 Å². The zero-order chi connectivity index (χ0) is 19.2. The highest BCUT2D eigenvalue weighted by atomic mass is 16.2. The van der Waals surface area contributed by atoms with Gasteiger partial charge in [0.25, 0.3) is 5.56 Å². The Morgan fingerprint density at radius 2 is 1.59 bits per heavy atom. The van der Waals surface area contributed by atoms with E-state index in [1.54, 1.807) is 4.57 Å². The largest absolute Gasteiger partial charge is 0.354 e. The van der Waals surface area contributed by atoms with Gasteiger partial charge in [-0.15, -0.1) is 0 Å². The molecule has 0 aliphatic heterocycles. The summed E-state index contributed by atoms with van der Waals surface area (Å²) in [7, 11) is 0. The van der Waals surface area contributed by atoms with E-state index in [-0.39, 0.29) is 23.9 Å². The molecule has 0 radical (unpaired) electrons. The molecule has 0 spiro atoms. The van der Waals surface area contributed by atoms with E-state index in [4.69, 9.17) is 0 Å². The Morgan fingerprint density at radius 3 is 2.22 bits per heavy atom. The molecule has 138 valence electrons. The maximum Gasteiger partial charge on any atom is 0.255 e. The molecule has 4 nitrogen and oxygen atoms in total. The topological polar surface area (TPSA) is 51.1 Å². The van der Waals surface area contributed by atoms with Crippen LogP contribution in [0.5, 0.6) is 0 Å². The highest BCUT2D eigenvalue weighted by Gasteiger charge is 2.16. The van der Waals surface area contributed by atoms with Gasteiger partial charge < -0.3 is 9.88 Å². The van der Waals surface area contributed by atoms with Crippen molar-refractivity contribution in [2.75, 3.05) is 0 Å². The number of nitrogens with one attached hydrogen (secondary N) is 1. The van der Waals surface area contributed by atoms with Crippen molar-refractivity contribution in [2.24, 2.45) is 0 Å². The van der Waals surface area contributed by atoms with Crippen molar-refractivity contribution in [3.63, 3.8) is 0 Å². The van der Waals surface area contributed by atoms with Crippen molar-refractivity contribution in [3.8, 4) is 11.1 Å². The third-order valence-electron chi connectivity index (χ3n) is 4.33. The first kappa shape index (κ1) is 18.6. The van der Waals surface area contributed by atoms with Crippen LogP contribution >= 0.6 is 0 Å². The molecule has 2 aromatic carbocycles. The van der Waals surface area contributed by atoms with Gasteiger partial charge in [0.1, 0.15) is 0 Å². The van der Waals surface area contributed by atoms with E-state index in [2.05, 4.69) is 5.32 Å². The van der Waals surface area contributed by atoms with Gasteiger partial charge in [-0.05, 0) is 36.6 Å². The van der Waals surface area contributed by atoms with Crippen molar-refractivity contribution >= 4 is 5.91 Å². The second kappa shape index (κ2) is 8.49. The van der Waals surface area contributed by atoms with Gasteiger partial charge in [0.2, 0.25) is 5.91 Å². The third-order valence-corrected chi connectivity index (χ3v) is 4.33. The number of hydrogen-bond donors (Lipinski definition) is 1. The highest BCUT2D eigenvalue weighted by Crippen LogP contribution is 2.22. The minimum absolute atomic E-state index is 0.0351. The van der Waals surface area contributed by atoms with Crippen molar-refractivity contribution in [3.05, 3.63) is 94.4 Å². The summed E-state index contributed by atoms with van der Waals surface area (Å²) in [4.78, 5) is 25.5. The molecule has 3 rings (SSSR count). The van der Waals surface area contributed by atoms with E-state index < -0.39 is 0 Å². The summed E-state index contributed by atoms with van der Waals surface area (Å²) in [5.41, 5.74) is 3.19.